The largest absolute Gasteiger partial charge is 0.481 e. The second-order valence-electron chi connectivity index (χ2n) is 4.69. The van der Waals surface area contributed by atoms with Gasteiger partial charge in [-0.2, -0.15) is 0 Å². The lowest BCUT2D eigenvalue weighted by atomic mass is 9.98. The number of fused-ring (bicyclic) bond motifs is 1. The van der Waals surface area contributed by atoms with Crippen LogP contribution in [0.15, 0.2) is 48.6 Å². The first kappa shape index (κ1) is 14.1. The molecule has 2 rings (SSSR count). The zero-order valence-corrected chi connectivity index (χ0v) is 11.3. The van der Waals surface area contributed by atoms with Crippen LogP contribution in [0.5, 0.6) is 0 Å². The highest BCUT2D eigenvalue weighted by atomic mass is 16.4. The number of nitrogens with zero attached hydrogens (tertiary/aromatic N) is 1. The van der Waals surface area contributed by atoms with Gasteiger partial charge in [-0.15, -0.1) is 0 Å². The first-order valence-electron chi connectivity index (χ1n) is 6.55. The highest BCUT2D eigenvalue weighted by Crippen LogP contribution is 2.37. The van der Waals surface area contributed by atoms with Gasteiger partial charge in [0.2, 0.25) is 0 Å². The van der Waals surface area contributed by atoms with Crippen LogP contribution in [0.3, 0.4) is 0 Å². The number of benzene rings is 1. The van der Waals surface area contributed by atoms with Gasteiger partial charge in [0, 0.05) is 24.2 Å². The summed E-state index contributed by atoms with van der Waals surface area (Å²) in [6.07, 6.45) is 6.86. The maximum atomic E-state index is 12.2. The van der Waals surface area contributed by atoms with Crippen LogP contribution in [-0.4, -0.2) is 23.5 Å². The van der Waals surface area contributed by atoms with Crippen molar-refractivity contribution < 1.29 is 14.7 Å². The molecule has 0 saturated heterocycles. The van der Waals surface area contributed by atoms with Crippen molar-refractivity contribution >= 4 is 17.6 Å². The Morgan fingerprint density at radius 3 is 2.80 bits per heavy atom. The minimum atomic E-state index is -0.844. The smallest absolute Gasteiger partial charge is 0.304 e. The number of hydrogen-bond donors (Lipinski definition) is 1. The highest BCUT2D eigenvalue weighted by Gasteiger charge is 2.32. The molecular formula is C16H17NO3. The Morgan fingerprint density at radius 1 is 1.35 bits per heavy atom. The maximum Gasteiger partial charge on any atom is 0.304 e. The summed E-state index contributed by atoms with van der Waals surface area (Å²) >= 11 is 0. The molecule has 104 valence electrons. The van der Waals surface area contributed by atoms with Gasteiger partial charge in [-0.1, -0.05) is 36.4 Å². The van der Waals surface area contributed by atoms with Gasteiger partial charge in [0.1, 0.15) is 0 Å². The van der Waals surface area contributed by atoms with Crippen LogP contribution in [-0.2, 0) is 9.59 Å². The van der Waals surface area contributed by atoms with Gasteiger partial charge in [0.25, 0.3) is 5.91 Å². The van der Waals surface area contributed by atoms with E-state index in [4.69, 9.17) is 5.11 Å². The average molecular weight is 271 g/mol. The fourth-order valence-electron chi connectivity index (χ4n) is 2.43. The van der Waals surface area contributed by atoms with Crippen molar-refractivity contribution in [1.82, 2.24) is 0 Å². The lowest BCUT2D eigenvalue weighted by molar-refractivity contribution is -0.137. The molecule has 1 aromatic rings. The molecular weight excluding hydrogens is 254 g/mol. The molecule has 1 N–H and O–H groups in total. The number of allylic oxidation sites excluding steroid dienone is 3. The molecule has 0 radical (unpaired) electrons. The van der Waals surface area contributed by atoms with Crippen LogP contribution in [0.25, 0.3) is 0 Å². The quantitative estimate of drug-likeness (QED) is 0.676. The van der Waals surface area contributed by atoms with E-state index in [1.54, 1.807) is 17.1 Å². The van der Waals surface area contributed by atoms with Gasteiger partial charge in [0.05, 0.1) is 6.42 Å². The Labute approximate surface area is 118 Å². The predicted molar refractivity (Wildman–Crippen MR) is 77.7 cm³/mol. The second kappa shape index (κ2) is 6.19. The van der Waals surface area contributed by atoms with Crippen molar-refractivity contribution in [3.05, 3.63) is 54.1 Å². The summed E-state index contributed by atoms with van der Waals surface area (Å²) < 4.78 is 0. The molecule has 0 aromatic heterocycles. The Morgan fingerprint density at radius 2 is 2.10 bits per heavy atom. The van der Waals surface area contributed by atoms with Crippen LogP contribution < -0.4 is 4.90 Å². The van der Waals surface area contributed by atoms with E-state index in [1.165, 1.54) is 6.08 Å². The molecule has 1 aromatic carbocycles. The molecule has 0 spiro atoms. The Bertz CT molecular complexity index is 575. The zero-order valence-electron chi connectivity index (χ0n) is 11.3. The molecule has 0 bridgehead atoms. The van der Waals surface area contributed by atoms with Gasteiger partial charge in [-0.3, -0.25) is 9.59 Å². The van der Waals surface area contributed by atoms with Crippen LogP contribution in [0.2, 0.25) is 0 Å². The summed E-state index contributed by atoms with van der Waals surface area (Å²) in [5.41, 5.74) is 1.75. The Hall–Kier alpha value is -2.36. The minimum Gasteiger partial charge on any atom is -0.481 e. The number of carboxylic acid groups (broad SMARTS) is 1. The molecule has 1 aliphatic rings. The summed E-state index contributed by atoms with van der Waals surface area (Å²) in [6.45, 7) is 2.30. The molecule has 1 heterocycles. The van der Waals surface area contributed by atoms with Crippen LogP contribution >= 0.6 is 0 Å². The standard InChI is InChI=1S/C16H17NO3/c1-2-3-4-9-15(18)17-11-12(10-16(19)20)13-7-5-6-8-14(13)17/h2-9,12H,10-11H2,1H3,(H,19,20). The molecule has 0 fully saturated rings. The molecule has 1 atom stereocenters. The average Bonchev–Trinajstić information content (AvgIpc) is 2.78. The van der Waals surface area contributed by atoms with E-state index in [0.717, 1.165) is 11.3 Å². The van der Waals surface area contributed by atoms with Crippen LogP contribution in [0, 0.1) is 0 Å². The number of aliphatic carboxylic acids is 1. The summed E-state index contributed by atoms with van der Waals surface area (Å²) in [4.78, 5) is 24.7. The van der Waals surface area contributed by atoms with E-state index in [-0.39, 0.29) is 18.2 Å². The third-order valence-electron chi connectivity index (χ3n) is 3.30. The summed E-state index contributed by atoms with van der Waals surface area (Å²) in [5.74, 6) is -1.10. The molecule has 1 aliphatic heterocycles. The molecule has 1 amide bonds. The topological polar surface area (TPSA) is 57.6 Å². The number of rotatable bonds is 4. The van der Waals surface area contributed by atoms with Crippen LogP contribution in [0.4, 0.5) is 5.69 Å². The first-order valence-corrected chi connectivity index (χ1v) is 6.55. The van der Waals surface area contributed by atoms with Crippen molar-refractivity contribution in [2.24, 2.45) is 0 Å². The lowest BCUT2D eigenvalue weighted by Gasteiger charge is -2.15. The third kappa shape index (κ3) is 2.96. The Balaban J connectivity index is 2.24. The maximum absolute atomic E-state index is 12.2. The van der Waals surface area contributed by atoms with E-state index < -0.39 is 5.97 Å². The van der Waals surface area contributed by atoms with Crippen molar-refractivity contribution in [2.75, 3.05) is 11.4 Å². The number of carboxylic acids is 1. The van der Waals surface area contributed by atoms with Crippen molar-refractivity contribution in [2.45, 2.75) is 19.3 Å². The van der Waals surface area contributed by atoms with E-state index >= 15 is 0 Å². The SMILES string of the molecule is CC=CC=CC(=O)N1CC(CC(=O)O)c2ccccc21. The number of carbonyl (C=O) groups is 2. The van der Waals surface area contributed by atoms with E-state index in [0.29, 0.717) is 6.54 Å². The van der Waals surface area contributed by atoms with Gasteiger partial charge in [0.15, 0.2) is 0 Å². The van der Waals surface area contributed by atoms with Crippen molar-refractivity contribution in [1.29, 1.82) is 0 Å². The zero-order chi connectivity index (χ0) is 14.5. The first-order chi connectivity index (χ1) is 9.63. The third-order valence-corrected chi connectivity index (χ3v) is 3.30. The lowest BCUT2D eigenvalue weighted by Crippen LogP contribution is -2.28. The predicted octanol–water partition coefficient (Wildman–Crippen LogP) is 2.72. The van der Waals surface area contributed by atoms with Gasteiger partial charge in [-0.25, -0.2) is 0 Å². The Kier molecular flexibility index (Phi) is 4.35. The molecule has 1 unspecified atom stereocenters. The normalized spacial score (nSPS) is 17.9. The number of hydrogen-bond acceptors (Lipinski definition) is 2. The fraction of sp³-hybridized carbons (Fsp3) is 0.250. The van der Waals surface area contributed by atoms with Crippen molar-refractivity contribution in [3.8, 4) is 0 Å². The number of carbonyl (C=O) groups excluding carboxylic acids is 1. The summed E-state index contributed by atoms with van der Waals surface area (Å²) in [5, 5.41) is 8.97. The van der Waals surface area contributed by atoms with Gasteiger partial charge >= 0.3 is 5.97 Å². The minimum absolute atomic E-state index is 0.0410. The van der Waals surface area contributed by atoms with Gasteiger partial charge < -0.3 is 10.0 Å². The van der Waals surface area contributed by atoms with E-state index in [9.17, 15) is 9.59 Å². The summed E-state index contributed by atoms with van der Waals surface area (Å²) in [6, 6.07) is 7.49. The molecule has 4 nitrogen and oxygen atoms in total. The molecule has 0 saturated carbocycles. The van der Waals surface area contributed by atoms with Crippen LogP contribution in [0.1, 0.15) is 24.8 Å². The van der Waals surface area contributed by atoms with E-state index in [2.05, 4.69) is 0 Å². The number of para-hydroxylation sites is 1. The second-order valence-corrected chi connectivity index (χ2v) is 4.69. The van der Waals surface area contributed by atoms with E-state index in [1.807, 2.05) is 37.3 Å². The molecule has 0 aliphatic carbocycles. The fourth-order valence-corrected chi connectivity index (χ4v) is 2.43. The molecule has 4 heteroatoms. The number of amides is 1. The van der Waals surface area contributed by atoms with Gasteiger partial charge in [-0.05, 0) is 18.6 Å². The monoisotopic (exact) mass is 271 g/mol. The van der Waals surface area contributed by atoms with Crippen molar-refractivity contribution in [3.63, 3.8) is 0 Å². The summed E-state index contributed by atoms with van der Waals surface area (Å²) in [7, 11) is 0. The molecule has 20 heavy (non-hydrogen) atoms. The number of anilines is 1. The highest BCUT2D eigenvalue weighted by molar-refractivity contribution is 6.03.